The van der Waals surface area contributed by atoms with Crippen LogP contribution in [-0.2, 0) is 16.1 Å². The number of benzene rings is 3. The first-order chi connectivity index (χ1) is 18.1. The summed E-state index contributed by atoms with van der Waals surface area (Å²) in [5, 5.41) is 3.75. The molecule has 37 heavy (non-hydrogen) atoms. The number of nitrogens with zero attached hydrogens (tertiary/aromatic N) is 2. The smallest absolute Gasteiger partial charge is 0.312 e. The molecule has 1 N–H and O–H groups in total. The number of nitrogens with one attached hydrogen (secondary N) is 1. The Kier molecular flexibility index (Phi) is 5.19. The minimum absolute atomic E-state index is 0.116. The van der Waals surface area contributed by atoms with Gasteiger partial charge < -0.3 is 4.57 Å². The highest BCUT2D eigenvalue weighted by atomic mass is 32.2. The van der Waals surface area contributed by atoms with E-state index in [4.69, 9.17) is 0 Å². The monoisotopic (exact) mass is 523 g/mol. The minimum atomic E-state index is -0.592. The van der Waals surface area contributed by atoms with E-state index in [2.05, 4.69) is 40.3 Å². The Morgan fingerprint density at radius 2 is 1.51 bits per heavy atom. The molecule has 3 aromatic carbocycles. The van der Waals surface area contributed by atoms with Crippen molar-refractivity contribution < 1.29 is 9.59 Å². The van der Waals surface area contributed by atoms with E-state index in [1.165, 1.54) is 28.7 Å². The van der Waals surface area contributed by atoms with Gasteiger partial charge in [0.25, 0.3) is 0 Å². The summed E-state index contributed by atoms with van der Waals surface area (Å²) in [7, 11) is 0. The van der Waals surface area contributed by atoms with E-state index in [0.29, 0.717) is 6.54 Å². The number of hydrogen-bond acceptors (Lipinski definition) is 5. The fourth-order valence-electron chi connectivity index (χ4n) is 5.56. The Morgan fingerprint density at radius 1 is 0.811 bits per heavy atom. The molecule has 2 aliphatic rings. The van der Waals surface area contributed by atoms with Crippen LogP contribution in [0.3, 0.4) is 0 Å². The van der Waals surface area contributed by atoms with Gasteiger partial charge in [-0.15, -0.1) is 0 Å². The number of thioether (sulfide) groups is 1. The summed E-state index contributed by atoms with van der Waals surface area (Å²) in [5.41, 5.74) is 3.94. The number of rotatable bonds is 4. The molecule has 4 heterocycles. The quantitative estimate of drug-likeness (QED) is 0.344. The largest absolute Gasteiger partial charge is 0.343 e. The number of aromatic nitrogens is 2. The van der Waals surface area contributed by atoms with E-state index in [0.717, 1.165) is 32.1 Å². The van der Waals surface area contributed by atoms with Crippen LogP contribution in [0, 0.1) is 5.92 Å². The molecule has 0 spiro atoms. The van der Waals surface area contributed by atoms with Crippen molar-refractivity contribution in [1.82, 2.24) is 14.5 Å². The first-order valence-corrected chi connectivity index (χ1v) is 13.7. The molecule has 0 unspecified atom stereocenters. The van der Waals surface area contributed by atoms with E-state index in [1.54, 1.807) is 4.57 Å². The van der Waals surface area contributed by atoms with Crippen LogP contribution in [0.1, 0.15) is 21.9 Å². The Balaban J connectivity index is 1.46. The maximum absolute atomic E-state index is 13.4. The second-order valence-electron chi connectivity index (χ2n) is 9.32. The van der Waals surface area contributed by atoms with Crippen molar-refractivity contribution in [2.24, 2.45) is 5.92 Å². The van der Waals surface area contributed by atoms with Gasteiger partial charge in [-0.2, -0.15) is 0 Å². The lowest BCUT2D eigenvalue weighted by Crippen LogP contribution is -2.31. The van der Waals surface area contributed by atoms with Crippen LogP contribution in [-0.4, -0.2) is 26.2 Å². The van der Waals surface area contributed by atoms with Gasteiger partial charge in [0.05, 0.1) is 16.6 Å². The van der Waals surface area contributed by atoms with Crippen LogP contribution in [0.15, 0.2) is 101 Å². The number of carbonyl (C=O) groups is 2. The Morgan fingerprint density at radius 3 is 2.30 bits per heavy atom. The van der Waals surface area contributed by atoms with E-state index < -0.39 is 17.1 Å². The number of imide groups is 1. The first-order valence-electron chi connectivity index (χ1n) is 12.0. The van der Waals surface area contributed by atoms with Gasteiger partial charge in [-0.1, -0.05) is 89.8 Å². The third-order valence-corrected chi connectivity index (χ3v) is 9.71. The molecular formula is C29H21N3O3S2. The topological polar surface area (TPSA) is 73.1 Å². The predicted molar refractivity (Wildman–Crippen MR) is 146 cm³/mol. The van der Waals surface area contributed by atoms with Crippen molar-refractivity contribution >= 4 is 45.8 Å². The van der Waals surface area contributed by atoms with Gasteiger partial charge in [-0.25, -0.2) is 0 Å². The summed E-state index contributed by atoms with van der Waals surface area (Å²) in [6.45, 7) is 0.677. The van der Waals surface area contributed by atoms with E-state index in [-0.39, 0.29) is 16.7 Å². The van der Waals surface area contributed by atoms with Gasteiger partial charge in [-0.3, -0.25) is 24.3 Å². The van der Waals surface area contributed by atoms with Crippen LogP contribution < -0.4 is 10.2 Å². The molecule has 7 rings (SSSR count). The van der Waals surface area contributed by atoms with Crippen molar-refractivity contribution in [1.29, 1.82) is 0 Å². The van der Waals surface area contributed by atoms with E-state index >= 15 is 0 Å². The van der Waals surface area contributed by atoms with Crippen molar-refractivity contribution in [2.75, 3.05) is 0 Å². The third-order valence-electron chi connectivity index (χ3n) is 7.17. The van der Waals surface area contributed by atoms with Crippen molar-refractivity contribution in [2.45, 2.75) is 22.7 Å². The van der Waals surface area contributed by atoms with Crippen LogP contribution in [0.5, 0.6) is 0 Å². The van der Waals surface area contributed by atoms with Crippen molar-refractivity contribution in [3.63, 3.8) is 0 Å². The highest BCUT2D eigenvalue weighted by Crippen LogP contribution is 2.53. The molecule has 3 atom stereocenters. The van der Waals surface area contributed by atoms with Gasteiger partial charge in [0, 0.05) is 34.4 Å². The Hall–Kier alpha value is -3.88. The number of thiazole rings is 1. The zero-order valence-electron chi connectivity index (χ0n) is 19.5. The van der Waals surface area contributed by atoms with E-state index in [9.17, 15) is 14.4 Å². The number of hydrogen-bond donors (Lipinski definition) is 1. The maximum Gasteiger partial charge on any atom is 0.312 e. The molecule has 0 radical (unpaired) electrons. The third kappa shape index (κ3) is 3.51. The van der Waals surface area contributed by atoms with Gasteiger partial charge in [0.15, 0.2) is 0 Å². The van der Waals surface area contributed by atoms with Crippen LogP contribution in [0.25, 0.3) is 16.6 Å². The second-order valence-corrected chi connectivity index (χ2v) is 11.4. The van der Waals surface area contributed by atoms with Crippen LogP contribution in [0.4, 0.5) is 0 Å². The molecule has 2 aliphatic heterocycles. The standard InChI is InChI=1S/C29H21N3O3S2/c33-26-23-22(20-16-31(15-17-9-3-1-4-10-17)21-14-8-7-13-19(20)21)25-28(36-24(23)27(34)30-26)32(29(35)37-25)18-11-5-2-6-12-18/h1-14,16,22-24H,15H2,(H,30,33,34)/t22-,23-,24+/m1/s1. The molecule has 6 nitrogen and oxygen atoms in total. The SMILES string of the molecule is O=C1NC(=O)[C@H]2Sc3c(sc(=O)n3-c3ccccc3)[C@H](c3cn(Cc4ccccc4)c4ccccc34)[C@@H]12. The zero-order valence-corrected chi connectivity index (χ0v) is 21.2. The molecule has 1 fully saturated rings. The van der Waals surface area contributed by atoms with Crippen LogP contribution >= 0.6 is 23.1 Å². The molecule has 0 aliphatic carbocycles. The van der Waals surface area contributed by atoms with Gasteiger partial charge in [0.2, 0.25) is 11.8 Å². The summed E-state index contributed by atoms with van der Waals surface area (Å²) in [6.07, 6.45) is 2.10. The lowest BCUT2D eigenvalue weighted by atomic mass is 9.83. The van der Waals surface area contributed by atoms with Gasteiger partial charge >= 0.3 is 4.87 Å². The summed E-state index contributed by atoms with van der Waals surface area (Å²) in [6, 6.07) is 27.8. The van der Waals surface area contributed by atoms with Gasteiger partial charge in [0.1, 0.15) is 5.25 Å². The average molecular weight is 524 g/mol. The summed E-state index contributed by atoms with van der Waals surface area (Å²) >= 11 is 2.50. The van der Waals surface area contributed by atoms with Gasteiger partial charge in [-0.05, 0) is 29.3 Å². The van der Waals surface area contributed by atoms with Crippen molar-refractivity contribution in [3.05, 3.63) is 117 Å². The lowest BCUT2D eigenvalue weighted by Gasteiger charge is -2.30. The number of para-hydroxylation sites is 2. The highest BCUT2D eigenvalue weighted by Gasteiger charge is 2.53. The second kappa shape index (κ2) is 8.61. The lowest BCUT2D eigenvalue weighted by molar-refractivity contribution is -0.125. The molecule has 0 saturated carbocycles. The highest BCUT2D eigenvalue weighted by molar-refractivity contribution is 8.00. The summed E-state index contributed by atoms with van der Waals surface area (Å²) < 4.78 is 3.88. The Bertz CT molecular complexity index is 1740. The Labute approximate surface area is 220 Å². The normalized spacial score (nSPS) is 20.6. The number of amides is 2. The molecule has 2 amide bonds. The summed E-state index contributed by atoms with van der Waals surface area (Å²) in [4.78, 5) is 40.2. The fraction of sp³-hybridized carbons (Fsp3) is 0.138. The molecular weight excluding hydrogens is 502 g/mol. The molecule has 1 saturated heterocycles. The number of fused-ring (bicyclic) bond motifs is 3. The van der Waals surface area contributed by atoms with Crippen LogP contribution in [0.2, 0.25) is 0 Å². The summed E-state index contributed by atoms with van der Waals surface area (Å²) in [5.74, 6) is -1.55. The first kappa shape index (κ1) is 22.3. The molecule has 8 heteroatoms. The molecule has 182 valence electrons. The molecule has 5 aromatic rings. The maximum atomic E-state index is 13.4. The predicted octanol–water partition coefficient (Wildman–Crippen LogP) is 4.78. The number of carbonyl (C=O) groups excluding carboxylic acids is 2. The minimum Gasteiger partial charge on any atom is -0.343 e. The van der Waals surface area contributed by atoms with E-state index in [1.807, 2.05) is 60.7 Å². The molecule has 2 aromatic heterocycles. The zero-order chi connectivity index (χ0) is 25.1. The average Bonchev–Trinajstić information content (AvgIpc) is 3.54. The van der Waals surface area contributed by atoms with Crippen molar-refractivity contribution in [3.8, 4) is 5.69 Å². The molecule has 0 bridgehead atoms. The fourth-order valence-corrected chi connectivity index (χ4v) is 8.32.